The average molecular weight is 464 g/mol. The van der Waals surface area contributed by atoms with Crippen LogP contribution in [0.1, 0.15) is 24.3 Å². The van der Waals surface area contributed by atoms with E-state index in [9.17, 15) is 29.0 Å². The van der Waals surface area contributed by atoms with Gasteiger partial charge in [0.15, 0.2) is 4.34 Å². The number of aliphatic hydroxyl groups is 1. The highest BCUT2D eigenvalue weighted by atomic mass is 32.2. The fourth-order valence-electron chi connectivity index (χ4n) is 3.92. The molecule has 2 amide bonds. The number of nitrogens with zero attached hydrogens (tertiary/aromatic N) is 2. The molecule has 0 saturated carbocycles. The summed E-state index contributed by atoms with van der Waals surface area (Å²) in [5.41, 5.74) is 0.297. The number of hydrogen-bond acceptors (Lipinski definition) is 7. The summed E-state index contributed by atoms with van der Waals surface area (Å²) < 4.78 is 13.7. The van der Waals surface area contributed by atoms with Crippen LogP contribution in [-0.4, -0.2) is 50.0 Å². The molecule has 1 aromatic heterocycles. The molecule has 4 rings (SSSR count). The van der Waals surface area contributed by atoms with Crippen molar-refractivity contribution in [3.8, 4) is 0 Å². The van der Waals surface area contributed by atoms with Crippen molar-refractivity contribution >= 4 is 46.6 Å². The molecule has 0 aliphatic carbocycles. The van der Waals surface area contributed by atoms with Crippen molar-refractivity contribution in [2.45, 2.75) is 30.3 Å². The largest absolute Gasteiger partial charge is 0.477 e. The Morgan fingerprint density at radius 2 is 2.13 bits per heavy atom. The van der Waals surface area contributed by atoms with Crippen LogP contribution in [0, 0.1) is 17.7 Å². The van der Waals surface area contributed by atoms with Gasteiger partial charge in [0.2, 0.25) is 5.91 Å². The van der Waals surface area contributed by atoms with Gasteiger partial charge in [0.1, 0.15) is 17.2 Å². The number of anilines is 1. The molecule has 2 aliphatic rings. The number of aliphatic hydroxyl groups excluding tert-OH is 1. The van der Waals surface area contributed by atoms with Crippen LogP contribution in [0.4, 0.5) is 10.1 Å². The second-order valence-corrected chi connectivity index (χ2v) is 9.48. The van der Waals surface area contributed by atoms with Crippen LogP contribution in [0.25, 0.3) is 0 Å². The number of carboxylic acid groups (broad SMARTS) is 1. The zero-order chi connectivity index (χ0) is 22.4. The number of aliphatic carboxylic acids is 1. The summed E-state index contributed by atoms with van der Waals surface area (Å²) in [7, 11) is 0. The molecule has 31 heavy (non-hydrogen) atoms. The average Bonchev–Trinajstić information content (AvgIpc) is 3.24. The summed E-state index contributed by atoms with van der Waals surface area (Å²) in [6.07, 6.45) is -0.881. The van der Waals surface area contributed by atoms with E-state index in [0.29, 0.717) is 14.9 Å². The van der Waals surface area contributed by atoms with E-state index in [0.717, 1.165) is 23.1 Å². The summed E-state index contributed by atoms with van der Waals surface area (Å²) in [5.74, 6) is -3.59. The third-order valence-electron chi connectivity index (χ3n) is 5.31. The molecule has 1 aromatic carbocycles. The lowest BCUT2D eigenvalue weighted by molar-refractivity contribution is -0.163. The number of carbonyl (C=O) groups excluding carboxylic acids is 2. The summed E-state index contributed by atoms with van der Waals surface area (Å²) in [4.78, 5) is 42.6. The van der Waals surface area contributed by atoms with Crippen molar-refractivity contribution in [1.29, 1.82) is 0 Å². The molecule has 2 aromatic rings. The molecule has 0 unspecified atom stereocenters. The lowest BCUT2D eigenvalue weighted by atomic mass is 9.79. The fourth-order valence-corrected chi connectivity index (χ4v) is 5.99. The molecular weight excluding hydrogens is 445 g/mol. The molecular formula is C20H18FN3O5S2. The van der Waals surface area contributed by atoms with Gasteiger partial charge < -0.3 is 20.4 Å². The molecule has 8 nitrogen and oxygen atoms in total. The number of β-lactam (4-membered cyclic amide) rings is 1. The van der Waals surface area contributed by atoms with Crippen LogP contribution < -0.4 is 5.32 Å². The topological polar surface area (TPSA) is 120 Å². The van der Waals surface area contributed by atoms with Crippen LogP contribution in [0.3, 0.4) is 0 Å². The Balaban J connectivity index is 1.54. The number of thiazole rings is 1. The molecule has 2 aliphatic heterocycles. The minimum Gasteiger partial charge on any atom is -0.477 e. The fraction of sp³-hybridized carbons (Fsp3) is 0.300. The van der Waals surface area contributed by atoms with Crippen molar-refractivity contribution in [1.82, 2.24) is 9.88 Å². The summed E-state index contributed by atoms with van der Waals surface area (Å²) >= 11 is 2.26. The van der Waals surface area contributed by atoms with Gasteiger partial charge in [-0.05, 0) is 25.1 Å². The Hall–Kier alpha value is -2.76. The number of benzene rings is 1. The number of nitrogens with one attached hydrogen (secondary N) is 1. The van der Waals surface area contributed by atoms with Gasteiger partial charge in [0, 0.05) is 21.9 Å². The van der Waals surface area contributed by atoms with E-state index in [1.54, 1.807) is 6.07 Å². The van der Waals surface area contributed by atoms with Crippen LogP contribution >= 0.6 is 23.1 Å². The zero-order valence-electron chi connectivity index (χ0n) is 16.4. The maximum atomic E-state index is 13.3. The van der Waals surface area contributed by atoms with Crippen LogP contribution in [-0.2, 0) is 9.59 Å². The first kappa shape index (κ1) is 21.5. The number of carbonyl (C=O) groups is 3. The Kier molecular flexibility index (Phi) is 5.58. The second-order valence-electron chi connectivity index (χ2n) is 7.34. The van der Waals surface area contributed by atoms with E-state index in [1.165, 1.54) is 35.4 Å². The number of aromatic nitrogens is 1. The first-order valence-electron chi connectivity index (χ1n) is 9.38. The van der Waals surface area contributed by atoms with Crippen molar-refractivity contribution in [3.63, 3.8) is 0 Å². The van der Waals surface area contributed by atoms with E-state index >= 15 is 0 Å². The monoisotopic (exact) mass is 463 g/mol. The Morgan fingerprint density at radius 3 is 2.77 bits per heavy atom. The number of hydrogen-bond donors (Lipinski definition) is 3. The van der Waals surface area contributed by atoms with Crippen molar-refractivity contribution in [2.75, 3.05) is 5.32 Å². The number of amides is 2. The van der Waals surface area contributed by atoms with E-state index in [-0.39, 0.29) is 17.3 Å². The second kappa shape index (κ2) is 8.06. The molecule has 0 radical (unpaired) electrons. The number of halogens is 1. The van der Waals surface area contributed by atoms with Gasteiger partial charge in [0.25, 0.3) is 5.91 Å². The van der Waals surface area contributed by atoms with Gasteiger partial charge in [-0.2, -0.15) is 0 Å². The Bertz CT molecular complexity index is 1120. The zero-order valence-corrected chi connectivity index (χ0v) is 18.0. The Labute approximate surface area is 184 Å². The lowest BCUT2D eigenvalue weighted by Crippen LogP contribution is -2.63. The minimum atomic E-state index is -1.23. The predicted octanol–water partition coefficient (Wildman–Crippen LogP) is 2.78. The molecule has 162 valence electrons. The smallest absolute Gasteiger partial charge is 0.353 e. The molecule has 1 saturated heterocycles. The number of carboxylic acids is 1. The van der Waals surface area contributed by atoms with Gasteiger partial charge in [-0.15, -0.1) is 11.3 Å². The van der Waals surface area contributed by atoms with Gasteiger partial charge >= 0.3 is 5.97 Å². The standard InChI is InChI=1S/C20H18FN3O5S2/c1-8-14-13(9(2)25)18(27)24(14)15(19(28)29)16(8)31-20-23-12(7-30-20)17(26)22-11-5-3-4-10(21)6-11/h3-9,13-14,25H,1-2H3,(H,22,26)(H,28,29)/t8-,9-,13-,14-/m1/s1. The van der Waals surface area contributed by atoms with Crippen LogP contribution in [0.15, 0.2) is 44.6 Å². The molecule has 11 heteroatoms. The molecule has 1 fully saturated rings. The molecule has 0 spiro atoms. The number of fused-ring (bicyclic) bond motifs is 1. The highest BCUT2D eigenvalue weighted by Gasteiger charge is 2.60. The highest BCUT2D eigenvalue weighted by Crippen LogP contribution is 2.52. The van der Waals surface area contributed by atoms with Crippen molar-refractivity contribution in [3.05, 3.63) is 51.8 Å². The Morgan fingerprint density at radius 1 is 1.39 bits per heavy atom. The first-order valence-corrected chi connectivity index (χ1v) is 11.1. The van der Waals surface area contributed by atoms with E-state index in [4.69, 9.17) is 0 Å². The number of thioether (sulfide) groups is 1. The van der Waals surface area contributed by atoms with Crippen molar-refractivity contribution in [2.24, 2.45) is 11.8 Å². The van der Waals surface area contributed by atoms with Crippen LogP contribution in [0.2, 0.25) is 0 Å². The van der Waals surface area contributed by atoms with E-state index in [2.05, 4.69) is 10.3 Å². The molecule has 4 atom stereocenters. The highest BCUT2D eigenvalue weighted by molar-refractivity contribution is 8.04. The quantitative estimate of drug-likeness (QED) is 0.564. The van der Waals surface area contributed by atoms with Gasteiger partial charge in [-0.3, -0.25) is 9.59 Å². The summed E-state index contributed by atoms with van der Waals surface area (Å²) in [5, 5.41) is 23.7. The van der Waals surface area contributed by atoms with Gasteiger partial charge in [0.05, 0.1) is 18.1 Å². The maximum absolute atomic E-state index is 13.3. The van der Waals surface area contributed by atoms with E-state index < -0.39 is 41.7 Å². The number of rotatable bonds is 6. The lowest BCUT2D eigenvalue weighted by Gasteiger charge is -2.46. The minimum absolute atomic E-state index is 0.106. The molecule has 3 heterocycles. The first-order chi connectivity index (χ1) is 14.7. The normalized spacial score (nSPS) is 23.4. The van der Waals surface area contributed by atoms with Crippen molar-refractivity contribution < 1.29 is 29.0 Å². The molecule has 3 N–H and O–H groups in total. The third-order valence-corrected chi connectivity index (χ3v) is 7.53. The predicted molar refractivity (Wildman–Crippen MR) is 112 cm³/mol. The summed E-state index contributed by atoms with van der Waals surface area (Å²) in [6, 6.07) is 5.05. The SMILES string of the molecule is C[C@@H](O)[C@H]1C(=O)N2C(C(=O)O)=C(Sc3nc(C(=O)Nc4cccc(F)c4)cs3)[C@H](C)[C@H]12. The third kappa shape index (κ3) is 3.73. The summed E-state index contributed by atoms with van der Waals surface area (Å²) in [6.45, 7) is 3.32. The van der Waals surface area contributed by atoms with Crippen LogP contribution in [0.5, 0.6) is 0 Å². The van der Waals surface area contributed by atoms with Gasteiger partial charge in [-0.1, -0.05) is 24.8 Å². The van der Waals surface area contributed by atoms with Gasteiger partial charge in [-0.25, -0.2) is 14.2 Å². The van der Waals surface area contributed by atoms with E-state index in [1.807, 2.05) is 6.92 Å². The maximum Gasteiger partial charge on any atom is 0.353 e. The molecule has 0 bridgehead atoms.